The van der Waals surface area contributed by atoms with E-state index in [9.17, 15) is 14.9 Å². The zero-order valence-corrected chi connectivity index (χ0v) is 17.7. The van der Waals surface area contributed by atoms with Gasteiger partial charge in [0.15, 0.2) is 6.61 Å². The van der Waals surface area contributed by atoms with Gasteiger partial charge in [-0.3, -0.25) is 14.9 Å². The number of benzene rings is 2. The molecular formula is C21H21ClN4O5. The summed E-state index contributed by atoms with van der Waals surface area (Å²) < 4.78 is 10.9. The monoisotopic (exact) mass is 444 g/mol. The highest BCUT2D eigenvalue weighted by atomic mass is 35.5. The fourth-order valence-electron chi connectivity index (χ4n) is 2.79. The third-order valence-corrected chi connectivity index (χ3v) is 5.01. The second-order valence-electron chi connectivity index (χ2n) is 6.93. The quantitative estimate of drug-likeness (QED) is 0.378. The van der Waals surface area contributed by atoms with Crippen LogP contribution in [0.15, 0.2) is 53.1 Å². The summed E-state index contributed by atoms with van der Waals surface area (Å²) in [7, 11) is 0. The first kappa shape index (κ1) is 22.2. The van der Waals surface area contributed by atoms with E-state index in [1.807, 2.05) is 13.8 Å². The van der Waals surface area contributed by atoms with E-state index in [4.69, 9.17) is 20.9 Å². The van der Waals surface area contributed by atoms with Crippen molar-refractivity contribution in [2.45, 2.75) is 26.3 Å². The fourth-order valence-corrected chi connectivity index (χ4v) is 2.91. The molecule has 1 aromatic heterocycles. The van der Waals surface area contributed by atoms with Crippen LogP contribution >= 0.6 is 11.6 Å². The molecule has 1 N–H and O–H groups in total. The van der Waals surface area contributed by atoms with Crippen LogP contribution in [0.25, 0.3) is 11.4 Å². The molecule has 0 aliphatic heterocycles. The molecule has 2 unspecified atom stereocenters. The maximum atomic E-state index is 12.4. The van der Waals surface area contributed by atoms with Gasteiger partial charge in [-0.2, -0.15) is 4.98 Å². The Labute approximate surface area is 183 Å². The molecule has 0 saturated heterocycles. The normalized spacial score (nSPS) is 12.7. The Kier molecular flexibility index (Phi) is 7.19. The van der Waals surface area contributed by atoms with Crippen LogP contribution in [0, 0.1) is 16.0 Å². The van der Waals surface area contributed by atoms with Crippen molar-refractivity contribution in [2.24, 2.45) is 5.92 Å². The van der Waals surface area contributed by atoms with Crippen molar-refractivity contribution >= 4 is 23.2 Å². The summed E-state index contributed by atoms with van der Waals surface area (Å²) in [5.41, 5.74) is 0.541. The van der Waals surface area contributed by atoms with Crippen LogP contribution in [0.4, 0.5) is 5.69 Å². The van der Waals surface area contributed by atoms with Crippen LogP contribution in [-0.4, -0.2) is 27.6 Å². The predicted molar refractivity (Wildman–Crippen MR) is 114 cm³/mol. The largest absolute Gasteiger partial charge is 0.484 e. The minimum atomic E-state index is -0.509. The van der Waals surface area contributed by atoms with Crippen LogP contribution in [0.1, 0.15) is 32.2 Å². The zero-order valence-electron chi connectivity index (χ0n) is 16.9. The lowest BCUT2D eigenvalue weighted by molar-refractivity contribution is -0.384. The Morgan fingerprint density at radius 1 is 1.23 bits per heavy atom. The van der Waals surface area contributed by atoms with Gasteiger partial charge >= 0.3 is 0 Å². The van der Waals surface area contributed by atoms with Gasteiger partial charge in [-0.25, -0.2) is 0 Å². The van der Waals surface area contributed by atoms with E-state index in [0.29, 0.717) is 16.3 Å². The summed E-state index contributed by atoms with van der Waals surface area (Å²) in [6.45, 7) is 3.76. The molecule has 162 valence electrons. The molecule has 2 atom stereocenters. The standard InChI is InChI=1S/C21H21ClN4O5/c1-3-13(2)19(23-18(27)12-30-17-10-6-15(22)7-11-17)21-24-20(25-31-21)14-4-8-16(9-5-14)26(28)29/h4-11,13,19H,3,12H2,1-2H3,(H,23,27). The maximum absolute atomic E-state index is 12.4. The average Bonchev–Trinajstić information content (AvgIpc) is 3.26. The van der Waals surface area contributed by atoms with Gasteiger partial charge in [0.25, 0.3) is 11.6 Å². The third-order valence-electron chi connectivity index (χ3n) is 4.76. The lowest BCUT2D eigenvalue weighted by Crippen LogP contribution is -2.36. The Morgan fingerprint density at radius 2 is 1.90 bits per heavy atom. The summed E-state index contributed by atoms with van der Waals surface area (Å²) in [6.07, 6.45) is 0.762. The highest BCUT2D eigenvalue weighted by Crippen LogP contribution is 2.26. The van der Waals surface area contributed by atoms with Crippen LogP contribution in [-0.2, 0) is 4.79 Å². The Morgan fingerprint density at radius 3 is 2.52 bits per heavy atom. The van der Waals surface area contributed by atoms with Gasteiger partial charge in [0, 0.05) is 22.7 Å². The number of carbonyl (C=O) groups is 1. The molecule has 9 nitrogen and oxygen atoms in total. The number of nitro benzene ring substituents is 1. The van der Waals surface area contributed by atoms with Crippen molar-refractivity contribution in [3.63, 3.8) is 0 Å². The Bertz CT molecular complexity index is 1040. The van der Waals surface area contributed by atoms with Crippen molar-refractivity contribution in [3.05, 3.63) is 69.6 Å². The molecule has 0 saturated carbocycles. The summed E-state index contributed by atoms with van der Waals surface area (Å²) in [5.74, 6) is 0.741. The van der Waals surface area contributed by atoms with Crippen molar-refractivity contribution in [2.75, 3.05) is 6.61 Å². The molecular weight excluding hydrogens is 424 g/mol. The molecule has 0 spiro atoms. The lowest BCUT2D eigenvalue weighted by atomic mass is 9.99. The first-order valence-electron chi connectivity index (χ1n) is 9.63. The molecule has 1 heterocycles. The van der Waals surface area contributed by atoms with Gasteiger partial charge in [0.05, 0.1) is 4.92 Å². The number of nitrogens with one attached hydrogen (secondary N) is 1. The van der Waals surface area contributed by atoms with Gasteiger partial charge in [-0.1, -0.05) is 37.0 Å². The zero-order chi connectivity index (χ0) is 22.4. The van der Waals surface area contributed by atoms with E-state index in [0.717, 1.165) is 6.42 Å². The second-order valence-corrected chi connectivity index (χ2v) is 7.37. The number of hydrogen-bond donors (Lipinski definition) is 1. The maximum Gasteiger partial charge on any atom is 0.269 e. The van der Waals surface area contributed by atoms with Crippen molar-refractivity contribution in [1.29, 1.82) is 0 Å². The average molecular weight is 445 g/mol. The number of aromatic nitrogens is 2. The van der Waals surface area contributed by atoms with E-state index < -0.39 is 11.0 Å². The smallest absolute Gasteiger partial charge is 0.269 e. The third kappa shape index (κ3) is 5.79. The molecule has 0 bridgehead atoms. The first-order chi connectivity index (χ1) is 14.9. The fraction of sp³-hybridized carbons (Fsp3) is 0.286. The Hall–Kier alpha value is -3.46. The predicted octanol–water partition coefficient (Wildman–Crippen LogP) is 4.58. The molecule has 2 aromatic carbocycles. The van der Waals surface area contributed by atoms with Gasteiger partial charge < -0.3 is 14.6 Å². The van der Waals surface area contributed by atoms with E-state index in [1.165, 1.54) is 12.1 Å². The minimum absolute atomic E-state index is 0.0182. The molecule has 0 fully saturated rings. The van der Waals surface area contributed by atoms with Gasteiger partial charge in [0.1, 0.15) is 11.8 Å². The highest BCUT2D eigenvalue weighted by Gasteiger charge is 2.26. The number of rotatable bonds is 9. The van der Waals surface area contributed by atoms with Crippen LogP contribution < -0.4 is 10.1 Å². The van der Waals surface area contributed by atoms with E-state index in [1.54, 1.807) is 36.4 Å². The minimum Gasteiger partial charge on any atom is -0.484 e. The van der Waals surface area contributed by atoms with E-state index in [2.05, 4.69) is 15.5 Å². The van der Waals surface area contributed by atoms with Crippen molar-refractivity contribution in [3.8, 4) is 17.1 Å². The molecule has 3 aromatic rings. The van der Waals surface area contributed by atoms with Crippen LogP contribution in [0.3, 0.4) is 0 Å². The van der Waals surface area contributed by atoms with Crippen LogP contribution in [0.2, 0.25) is 5.02 Å². The molecule has 3 rings (SSSR count). The number of halogens is 1. The second kappa shape index (κ2) is 10.0. The molecule has 31 heavy (non-hydrogen) atoms. The number of nitro groups is 1. The molecule has 0 aliphatic carbocycles. The number of hydrogen-bond acceptors (Lipinski definition) is 7. The highest BCUT2D eigenvalue weighted by molar-refractivity contribution is 6.30. The summed E-state index contributed by atoms with van der Waals surface area (Å²) in [4.78, 5) is 27.2. The van der Waals surface area contributed by atoms with Crippen molar-refractivity contribution < 1.29 is 19.0 Å². The van der Waals surface area contributed by atoms with Gasteiger partial charge in [0.2, 0.25) is 11.7 Å². The first-order valence-corrected chi connectivity index (χ1v) is 10.0. The number of carbonyl (C=O) groups excluding carboxylic acids is 1. The van der Waals surface area contributed by atoms with Crippen molar-refractivity contribution in [1.82, 2.24) is 15.5 Å². The van der Waals surface area contributed by atoms with Crippen LogP contribution in [0.5, 0.6) is 5.75 Å². The molecule has 0 aliphatic rings. The summed E-state index contributed by atoms with van der Waals surface area (Å²) in [6, 6.07) is 12.0. The molecule has 1 amide bonds. The number of amides is 1. The topological polar surface area (TPSA) is 120 Å². The number of ether oxygens (including phenoxy) is 1. The summed E-state index contributed by atoms with van der Waals surface area (Å²) in [5, 5.41) is 18.2. The Balaban J connectivity index is 1.69. The molecule has 10 heteroatoms. The van der Waals surface area contributed by atoms with Gasteiger partial charge in [-0.15, -0.1) is 0 Å². The van der Waals surface area contributed by atoms with E-state index >= 15 is 0 Å². The lowest BCUT2D eigenvalue weighted by Gasteiger charge is -2.20. The SMILES string of the molecule is CCC(C)C(NC(=O)COc1ccc(Cl)cc1)c1nc(-c2ccc([N+](=O)[O-])cc2)no1. The number of non-ortho nitro benzene ring substituents is 1. The number of nitrogens with zero attached hydrogens (tertiary/aromatic N) is 3. The van der Waals surface area contributed by atoms with E-state index in [-0.39, 0.29) is 35.8 Å². The van der Waals surface area contributed by atoms with Gasteiger partial charge in [-0.05, 0) is 42.3 Å². The molecule has 0 radical (unpaired) electrons. The summed E-state index contributed by atoms with van der Waals surface area (Å²) >= 11 is 5.84.